The van der Waals surface area contributed by atoms with Crippen LogP contribution in [0.1, 0.15) is 31.3 Å². The Hall–Kier alpha value is -1.50. The first-order chi connectivity index (χ1) is 9.75. The molecule has 1 aliphatic rings. The van der Waals surface area contributed by atoms with Crippen LogP contribution in [0.5, 0.6) is 0 Å². The quantitative estimate of drug-likeness (QED) is 0.759. The maximum atomic E-state index is 10.1. The van der Waals surface area contributed by atoms with Crippen molar-refractivity contribution >= 4 is 32.6 Å². The second kappa shape index (κ2) is 4.51. The van der Waals surface area contributed by atoms with E-state index in [2.05, 4.69) is 25.2 Å². The summed E-state index contributed by atoms with van der Waals surface area (Å²) in [6.45, 7) is 3.72. The molecule has 6 heteroatoms. The van der Waals surface area contributed by atoms with Crippen LogP contribution in [-0.4, -0.2) is 32.7 Å². The van der Waals surface area contributed by atoms with Gasteiger partial charge in [-0.05, 0) is 31.3 Å². The van der Waals surface area contributed by atoms with E-state index in [0.29, 0.717) is 6.04 Å². The molecule has 20 heavy (non-hydrogen) atoms. The third-order valence-electron chi connectivity index (χ3n) is 3.92. The molecule has 0 aliphatic carbocycles. The second-order valence-corrected chi connectivity index (χ2v) is 6.21. The number of aliphatic hydroxyl groups is 1. The van der Waals surface area contributed by atoms with Crippen LogP contribution in [0.3, 0.4) is 0 Å². The van der Waals surface area contributed by atoms with Gasteiger partial charge in [0, 0.05) is 12.6 Å². The molecule has 0 saturated carbocycles. The Balaban J connectivity index is 2.08. The average Bonchev–Trinajstić information content (AvgIpc) is 3.15. The molecule has 0 radical (unpaired) electrons. The number of nitrogens with one attached hydrogen (secondary N) is 1. The highest BCUT2D eigenvalue weighted by molar-refractivity contribution is 7.18. The van der Waals surface area contributed by atoms with Crippen LogP contribution in [0, 0.1) is 0 Å². The Morgan fingerprint density at radius 3 is 3.15 bits per heavy atom. The van der Waals surface area contributed by atoms with Gasteiger partial charge in [0.1, 0.15) is 17.4 Å². The molecule has 0 unspecified atom stereocenters. The number of fused-ring (bicyclic) bond motifs is 3. The van der Waals surface area contributed by atoms with E-state index in [1.807, 2.05) is 12.3 Å². The lowest BCUT2D eigenvalue weighted by Crippen LogP contribution is -2.17. The number of imidazole rings is 1. The Morgan fingerprint density at radius 1 is 1.50 bits per heavy atom. The van der Waals surface area contributed by atoms with Crippen molar-refractivity contribution < 1.29 is 5.11 Å². The molecule has 0 aromatic carbocycles. The van der Waals surface area contributed by atoms with E-state index in [4.69, 9.17) is 0 Å². The van der Waals surface area contributed by atoms with E-state index in [1.54, 1.807) is 18.3 Å². The summed E-state index contributed by atoms with van der Waals surface area (Å²) in [5.74, 6) is 0.747. The summed E-state index contributed by atoms with van der Waals surface area (Å²) in [7, 11) is 0. The molecule has 0 bridgehead atoms. The Labute approximate surface area is 120 Å². The minimum Gasteiger partial charge on any atom is -0.385 e. The summed E-state index contributed by atoms with van der Waals surface area (Å²) in [4.78, 5) is 9.06. The van der Waals surface area contributed by atoms with Crippen molar-refractivity contribution in [1.29, 1.82) is 0 Å². The number of nitrogens with zero attached hydrogens (tertiary/aromatic N) is 3. The van der Waals surface area contributed by atoms with Crippen molar-refractivity contribution in [2.24, 2.45) is 0 Å². The van der Waals surface area contributed by atoms with Gasteiger partial charge in [0.15, 0.2) is 0 Å². The van der Waals surface area contributed by atoms with Crippen LogP contribution >= 0.6 is 11.3 Å². The molecule has 4 rings (SSSR count). The monoisotopic (exact) mass is 288 g/mol. The Kier molecular flexibility index (Phi) is 2.76. The van der Waals surface area contributed by atoms with Gasteiger partial charge in [-0.3, -0.25) is 4.98 Å². The molecule has 1 fully saturated rings. The average molecular weight is 288 g/mol. The number of aromatic nitrogens is 3. The SMILES string of the molecule is C[C@@H](O)c1nc2cnc3ccsc3c2n1[C@H]1CCNC1. The highest BCUT2D eigenvalue weighted by Gasteiger charge is 2.25. The zero-order valence-electron chi connectivity index (χ0n) is 11.2. The largest absolute Gasteiger partial charge is 0.385 e. The van der Waals surface area contributed by atoms with Crippen LogP contribution in [0.2, 0.25) is 0 Å². The van der Waals surface area contributed by atoms with Gasteiger partial charge in [-0.1, -0.05) is 0 Å². The van der Waals surface area contributed by atoms with Crippen LogP contribution < -0.4 is 5.32 Å². The van der Waals surface area contributed by atoms with Gasteiger partial charge in [-0.15, -0.1) is 11.3 Å². The summed E-state index contributed by atoms with van der Waals surface area (Å²) in [6, 6.07) is 2.39. The lowest BCUT2D eigenvalue weighted by molar-refractivity contribution is 0.182. The van der Waals surface area contributed by atoms with E-state index in [-0.39, 0.29) is 0 Å². The highest BCUT2D eigenvalue weighted by atomic mass is 32.1. The minimum atomic E-state index is -0.571. The standard InChI is InChI=1S/C14H16N4OS/c1-8(19)14-17-11-7-16-10-3-5-20-13(10)12(11)18(14)9-2-4-15-6-9/h3,5,7-9,15,19H,2,4,6H2,1H3/t8-,9+/m1/s1. The Morgan fingerprint density at radius 2 is 2.40 bits per heavy atom. The van der Waals surface area contributed by atoms with Gasteiger partial charge in [-0.25, -0.2) is 4.98 Å². The molecule has 0 amide bonds. The molecule has 2 N–H and O–H groups in total. The van der Waals surface area contributed by atoms with E-state index in [9.17, 15) is 5.11 Å². The molecule has 2 atom stereocenters. The maximum Gasteiger partial charge on any atom is 0.138 e. The molecule has 4 heterocycles. The number of thiophene rings is 1. The highest BCUT2D eigenvalue weighted by Crippen LogP contribution is 2.34. The lowest BCUT2D eigenvalue weighted by atomic mass is 10.2. The predicted octanol–water partition coefficient (Wildman–Crippen LogP) is 2.23. The van der Waals surface area contributed by atoms with Crippen molar-refractivity contribution in [3.05, 3.63) is 23.5 Å². The maximum absolute atomic E-state index is 10.1. The summed E-state index contributed by atoms with van der Waals surface area (Å²) in [5.41, 5.74) is 3.00. The van der Waals surface area contributed by atoms with Gasteiger partial charge >= 0.3 is 0 Å². The minimum absolute atomic E-state index is 0.359. The number of rotatable bonds is 2. The van der Waals surface area contributed by atoms with Crippen molar-refractivity contribution in [1.82, 2.24) is 19.9 Å². The van der Waals surface area contributed by atoms with Gasteiger partial charge in [0.05, 0.1) is 21.9 Å². The molecule has 3 aromatic heterocycles. The first-order valence-electron chi connectivity index (χ1n) is 6.88. The zero-order chi connectivity index (χ0) is 13.7. The number of pyridine rings is 1. The number of hydrogen-bond acceptors (Lipinski definition) is 5. The van der Waals surface area contributed by atoms with Crippen LogP contribution in [0.25, 0.3) is 21.3 Å². The summed E-state index contributed by atoms with van der Waals surface area (Å²) in [5, 5.41) is 15.5. The molecule has 1 aliphatic heterocycles. The molecular formula is C14H16N4OS. The fraction of sp³-hybridized carbons (Fsp3) is 0.429. The number of hydrogen-bond donors (Lipinski definition) is 2. The summed E-state index contributed by atoms with van der Waals surface area (Å²) >= 11 is 1.69. The smallest absolute Gasteiger partial charge is 0.138 e. The van der Waals surface area contributed by atoms with E-state index in [0.717, 1.165) is 46.6 Å². The molecule has 0 spiro atoms. The zero-order valence-corrected chi connectivity index (χ0v) is 12.0. The molecular weight excluding hydrogens is 272 g/mol. The molecule has 3 aromatic rings. The first kappa shape index (κ1) is 12.3. The Bertz CT molecular complexity index is 770. The summed E-state index contributed by atoms with van der Waals surface area (Å²) in [6.07, 6.45) is 2.31. The lowest BCUT2D eigenvalue weighted by Gasteiger charge is -2.17. The van der Waals surface area contributed by atoms with Crippen LogP contribution in [0.4, 0.5) is 0 Å². The van der Waals surface area contributed by atoms with Gasteiger partial charge < -0.3 is 15.0 Å². The second-order valence-electron chi connectivity index (χ2n) is 5.29. The predicted molar refractivity (Wildman–Crippen MR) is 80.1 cm³/mol. The van der Waals surface area contributed by atoms with E-state index < -0.39 is 6.10 Å². The fourth-order valence-electron chi connectivity index (χ4n) is 3.02. The van der Waals surface area contributed by atoms with E-state index >= 15 is 0 Å². The van der Waals surface area contributed by atoms with Crippen molar-refractivity contribution in [2.45, 2.75) is 25.5 Å². The van der Waals surface area contributed by atoms with Crippen molar-refractivity contribution in [3.63, 3.8) is 0 Å². The normalized spacial score (nSPS) is 21.0. The number of aliphatic hydroxyl groups excluding tert-OH is 1. The third-order valence-corrected chi connectivity index (χ3v) is 4.83. The van der Waals surface area contributed by atoms with Gasteiger partial charge in [0.25, 0.3) is 0 Å². The molecule has 5 nitrogen and oxygen atoms in total. The first-order valence-corrected chi connectivity index (χ1v) is 7.76. The van der Waals surface area contributed by atoms with Gasteiger partial charge in [0.2, 0.25) is 0 Å². The fourth-order valence-corrected chi connectivity index (χ4v) is 3.91. The topological polar surface area (TPSA) is 63.0 Å². The molecule has 1 saturated heterocycles. The third kappa shape index (κ3) is 1.69. The van der Waals surface area contributed by atoms with Crippen molar-refractivity contribution in [3.8, 4) is 0 Å². The molecule has 104 valence electrons. The van der Waals surface area contributed by atoms with Gasteiger partial charge in [-0.2, -0.15) is 0 Å². The van der Waals surface area contributed by atoms with Crippen LogP contribution in [-0.2, 0) is 0 Å². The van der Waals surface area contributed by atoms with Crippen molar-refractivity contribution in [2.75, 3.05) is 13.1 Å². The summed E-state index contributed by atoms with van der Waals surface area (Å²) < 4.78 is 3.38. The van der Waals surface area contributed by atoms with Crippen LogP contribution in [0.15, 0.2) is 17.6 Å². The van der Waals surface area contributed by atoms with E-state index in [1.165, 1.54) is 0 Å².